The maximum Gasteiger partial charge on any atom is 0.318 e. The number of ketones is 1. The summed E-state index contributed by atoms with van der Waals surface area (Å²) in [7, 11) is 0. The number of rotatable bonds is 21. The standard InChI is InChI=1S/C50H66F3NO10S/c1-30-22-36-37-25-39(52)38-23-33(56)24-43(48(38,4)49(37,53)42(59)26-47(36,3)50(30,62)46(61)65-29-51)64-45(60)31(2)44-34(17-18-40(57)35(44)28-55)41(58)27-54-19-11-5-6-12-20-63-21-13-10-16-32-14-8-7-9-15-32/h7-9,14-15,17-18,23-24,30-31,36-37,39,41-42,54-55,57-59,62H,5-6,10-13,16,19-22,25-29H2,1-4H3/t30-,31?,36+,37?,39+,41?,42+,47+,48+,49+,50+/m1/s1. The largest absolute Gasteiger partial charge is 0.508 e. The maximum atomic E-state index is 18.5. The van der Waals surface area contributed by atoms with Crippen LogP contribution >= 0.6 is 11.8 Å². The summed E-state index contributed by atoms with van der Waals surface area (Å²) >= 11 is 0.285. The van der Waals surface area contributed by atoms with Crippen molar-refractivity contribution in [2.24, 2.45) is 28.6 Å². The van der Waals surface area contributed by atoms with Crippen LogP contribution in [-0.2, 0) is 36.9 Å². The molecule has 11 nitrogen and oxygen atoms in total. The third-order valence-electron chi connectivity index (χ3n) is 15.3. The number of alkyl halides is 3. The number of nitrogens with one attached hydrogen (secondary N) is 1. The van der Waals surface area contributed by atoms with E-state index in [4.69, 9.17) is 9.47 Å². The van der Waals surface area contributed by atoms with E-state index in [1.165, 1.54) is 38.5 Å². The smallest absolute Gasteiger partial charge is 0.318 e. The Balaban J connectivity index is 1.11. The second-order valence-corrected chi connectivity index (χ2v) is 19.8. The van der Waals surface area contributed by atoms with Gasteiger partial charge in [-0.2, -0.15) is 0 Å². The number of hydrogen-bond donors (Lipinski definition) is 6. The van der Waals surface area contributed by atoms with Crippen molar-refractivity contribution in [3.05, 3.63) is 88.2 Å². The Bertz CT molecular complexity index is 2090. The molecule has 4 aliphatic carbocycles. The van der Waals surface area contributed by atoms with E-state index in [0.717, 1.165) is 63.7 Å². The third-order valence-corrected chi connectivity index (χ3v) is 16.0. The van der Waals surface area contributed by atoms with Crippen LogP contribution in [0.1, 0.15) is 120 Å². The molecule has 0 bridgehead atoms. The van der Waals surface area contributed by atoms with Gasteiger partial charge < -0.3 is 40.3 Å². The van der Waals surface area contributed by atoms with E-state index < -0.39 is 112 Å². The zero-order valence-corrected chi connectivity index (χ0v) is 38.7. The number of aliphatic hydroxyl groups excluding tert-OH is 3. The molecule has 2 aromatic rings. The van der Waals surface area contributed by atoms with E-state index in [9.17, 15) is 44.3 Å². The predicted molar refractivity (Wildman–Crippen MR) is 241 cm³/mol. The fourth-order valence-electron chi connectivity index (χ4n) is 11.7. The molecular formula is C50H66F3NO10S. The van der Waals surface area contributed by atoms with Crippen molar-refractivity contribution in [1.29, 1.82) is 0 Å². The second-order valence-electron chi connectivity index (χ2n) is 19.0. The Labute approximate surface area is 384 Å². The van der Waals surface area contributed by atoms with Crippen LogP contribution in [0.4, 0.5) is 13.2 Å². The van der Waals surface area contributed by atoms with Crippen LogP contribution in [0.25, 0.3) is 0 Å². The van der Waals surface area contributed by atoms with Crippen LogP contribution in [-0.4, -0.2) is 98.3 Å². The highest BCUT2D eigenvalue weighted by Crippen LogP contribution is 2.72. The van der Waals surface area contributed by atoms with Gasteiger partial charge in [-0.1, -0.05) is 74.8 Å². The minimum atomic E-state index is -2.78. The maximum absolute atomic E-state index is 18.5. The number of phenols is 1. The molecule has 15 heteroatoms. The van der Waals surface area contributed by atoms with Crippen LogP contribution in [0, 0.1) is 28.6 Å². The van der Waals surface area contributed by atoms with Crippen molar-refractivity contribution in [1.82, 2.24) is 5.32 Å². The van der Waals surface area contributed by atoms with E-state index in [1.807, 2.05) is 18.2 Å². The number of aliphatic hydroxyl groups is 4. The number of benzene rings is 2. The van der Waals surface area contributed by atoms with Crippen molar-refractivity contribution >= 4 is 28.6 Å². The Hall–Kier alpha value is -3.57. The topological polar surface area (TPSA) is 183 Å². The van der Waals surface area contributed by atoms with Crippen molar-refractivity contribution in [3.8, 4) is 5.75 Å². The van der Waals surface area contributed by atoms with Crippen LogP contribution in [0.3, 0.4) is 0 Å². The molecule has 4 aliphatic rings. The molecular weight excluding hydrogens is 864 g/mol. The predicted octanol–water partition coefficient (Wildman–Crippen LogP) is 7.56. The molecule has 0 aromatic heterocycles. The molecule has 0 saturated heterocycles. The fraction of sp³-hybridized carbons (Fsp3) is 0.620. The highest BCUT2D eigenvalue weighted by atomic mass is 32.2. The van der Waals surface area contributed by atoms with Gasteiger partial charge in [-0.3, -0.25) is 14.4 Å². The first-order valence-corrected chi connectivity index (χ1v) is 24.0. The molecule has 65 heavy (non-hydrogen) atoms. The number of carbonyl (C=O) groups is 3. The molecule has 0 heterocycles. The van der Waals surface area contributed by atoms with Crippen molar-refractivity contribution in [2.75, 3.05) is 32.3 Å². The van der Waals surface area contributed by atoms with Crippen LogP contribution in [0.2, 0.25) is 0 Å². The molecule has 0 aliphatic heterocycles. The summed E-state index contributed by atoms with van der Waals surface area (Å²) in [5.41, 5.74) is -7.46. The molecule has 3 fully saturated rings. The zero-order valence-electron chi connectivity index (χ0n) is 37.9. The molecule has 3 saturated carbocycles. The van der Waals surface area contributed by atoms with Gasteiger partial charge in [0.2, 0.25) is 5.12 Å². The van der Waals surface area contributed by atoms with Gasteiger partial charge in [-0.15, -0.1) is 0 Å². The van der Waals surface area contributed by atoms with Crippen LogP contribution in [0.15, 0.2) is 65.9 Å². The third kappa shape index (κ3) is 9.49. The molecule has 11 atom stereocenters. The number of ether oxygens (including phenoxy) is 2. The number of hydrogen-bond acceptors (Lipinski definition) is 12. The van der Waals surface area contributed by atoms with Gasteiger partial charge in [0.1, 0.15) is 29.3 Å². The number of aromatic hydroxyl groups is 1. The minimum absolute atomic E-state index is 0.0542. The summed E-state index contributed by atoms with van der Waals surface area (Å²) in [5.74, 6) is -7.12. The van der Waals surface area contributed by atoms with Gasteiger partial charge >= 0.3 is 5.97 Å². The van der Waals surface area contributed by atoms with Gasteiger partial charge in [0, 0.05) is 42.7 Å². The van der Waals surface area contributed by atoms with E-state index in [0.29, 0.717) is 13.2 Å². The van der Waals surface area contributed by atoms with E-state index in [1.54, 1.807) is 6.92 Å². The second kappa shape index (κ2) is 21.2. The lowest BCUT2D eigenvalue weighted by atomic mass is 9.44. The zero-order chi connectivity index (χ0) is 47.3. The first-order valence-electron chi connectivity index (χ1n) is 23.0. The fourth-order valence-corrected chi connectivity index (χ4v) is 12.5. The van der Waals surface area contributed by atoms with Crippen molar-refractivity contribution in [2.45, 2.75) is 134 Å². The Morgan fingerprint density at radius 3 is 2.37 bits per heavy atom. The molecule has 6 N–H and O–H groups in total. The quantitative estimate of drug-likeness (QED) is 0.0535. The van der Waals surface area contributed by atoms with E-state index >= 15 is 8.78 Å². The van der Waals surface area contributed by atoms with Gasteiger partial charge in [-0.25, -0.2) is 13.2 Å². The molecule has 0 spiro atoms. The first-order chi connectivity index (χ1) is 30.9. The van der Waals surface area contributed by atoms with E-state index in [2.05, 4.69) is 17.4 Å². The number of fused-ring (bicyclic) bond motifs is 5. The lowest BCUT2D eigenvalue weighted by Crippen LogP contribution is -2.71. The molecule has 2 aromatic carbocycles. The van der Waals surface area contributed by atoms with Crippen LogP contribution in [0.5, 0.6) is 5.75 Å². The normalized spacial score (nSPS) is 31.6. The molecule has 0 radical (unpaired) electrons. The number of aryl methyl sites for hydroxylation is 1. The summed E-state index contributed by atoms with van der Waals surface area (Å²) in [4.78, 5) is 40.7. The SMILES string of the molecule is CC(C(=O)OC1=CC(=O)C=C2[C@@H](F)CC3[C@@H]4C[C@@H](C)[C@](O)(C(=O)SCF)[C@@]4(C)C[C@H](O)[C@]3(F)[C@]12C)c1c(C(O)CNCCCCCCOCCCCc2ccccc2)ccc(O)c1CO. The number of thioether (sulfide) groups is 1. The number of carbonyl (C=O) groups excluding carboxylic acids is 3. The lowest BCUT2D eigenvalue weighted by molar-refractivity contribution is -0.228. The lowest BCUT2D eigenvalue weighted by Gasteiger charge is -2.63. The average Bonchev–Trinajstić information content (AvgIpc) is 3.48. The van der Waals surface area contributed by atoms with Gasteiger partial charge in [0.25, 0.3) is 0 Å². The van der Waals surface area contributed by atoms with Crippen molar-refractivity contribution in [3.63, 3.8) is 0 Å². The molecule has 0 amide bonds. The highest BCUT2D eigenvalue weighted by Gasteiger charge is 2.78. The Kier molecular flexibility index (Phi) is 16.5. The van der Waals surface area contributed by atoms with Gasteiger partial charge in [-0.05, 0) is 118 Å². The number of unbranched alkanes of at least 4 members (excludes halogenated alkanes) is 4. The number of esters is 1. The Morgan fingerprint density at radius 2 is 1.68 bits per heavy atom. The number of allylic oxidation sites excluding steroid dienone is 3. The number of halogens is 3. The van der Waals surface area contributed by atoms with E-state index in [-0.39, 0.29) is 52.7 Å². The molecule has 358 valence electrons. The van der Waals surface area contributed by atoms with Gasteiger partial charge in [0.15, 0.2) is 11.5 Å². The van der Waals surface area contributed by atoms with Crippen LogP contribution < -0.4 is 5.32 Å². The Morgan fingerprint density at radius 1 is 0.985 bits per heavy atom. The summed E-state index contributed by atoms with van der Waals surface area (Å²) in [5, 5.41) is 58.9. The van der Waals surface area contributed by atoms with Gasteiger partial charge in [0.05, 0.1) is 30.1 Å². The minimum Gasteiger partial charge on any atom is -0.508 e. The highest BCUT2D eigenvalue weighted by molar-refractivity contribution is 8.13. The summed E-state index contributed by atoms with van der Waals surface area (Å²) in [6.07, 6.45) is 2.61. The monoisotopic (exact) mass is 929 g/mol. The molecule has 3 unspecified atom stereocenters. The summed E-state index contributed by atoms with van der Waals surface area (Å²) in [6, 6.07) is 12.0. The first kappa shape index (κ1) is 50.8. The summed E-state index contributed by atoms with van der Waals surface area (Å²) < 4.78 is 60.3. The van der Waals surface area contributed by atoms with Crippen molar-refractivity contribution < 1.29 is 62.6 Å². The average molecular weight is 930 g/mol. The summed E-state index contributed by atoms with van der Waals surface area (Å²) in [6.45, 7) is 7.16. The molecule has 6 rings (SSSR count).